The Hall–Kier alpha value is -2.32. The fourth-order valence-electron chi connectivity index (χ4n) is 3.34. The topological polar surface area (TPSA) is 78.4 Å². The number of rotatable bonds is 6. The quantitative estimate of drug-likeness (QED) is 0.798. The molecule has 0 radical (unpaired) electrons. The minimum atomic E-state index is -0.141. The zero-order chi connectivity index (χ0) is 19.5. The first-order valence-electron chi connectivity index (χ1n) is 9.78. The van der Waals surface area contributed by atoms with Crippen LogP contribution in [0.15, 0.2) is 29.8 Å². The molecule has 1 aliphatic heterocycles. The molecule has 1 saturated heterocycles. The van der Waals surface area contributed by atoms with E-state index in [-0.39, 0.29) is 17.9 Å². The molecule has 148 valence electrons. The molecule has 28 heavy (non-hydrogen) atoms. The summed E-state index contributed by atoms with van der Waals surface area (Å²) in [4.78, 5) is 37.8. The molecule has 8 heteroatoms. The van der Waals surface area contributed by atoms with Gasteiger partial charge in [0.05, 0.1) is 23.9 Å². The van der Waals surface area contributed by atoms with Gasteiger partial charge in [0.2, 0.25) is 11.8 Å². The molecule has 2 fully saturated rings. The van der Waals surface area contributed by atoms with E-state index < -0.39 is 0 Å². The summed E-state index contributed by atoms with van der Waals surface area (Å²) in [6.45, 7) is 4.69. The number of aromatic nitrogens is 2. The molecule has 4 rings (SSSR count). The van der Waals surface area contributed by atoms with Gasteiger partial charge < -0.3 is 10.2 Å². The van der Waals surface area contributed by atoms with Crippen LogP contribution in [0.5, 0.6) is 0 Å². The lowest BCUT2D eigenvalue weighted by Crippen LogP contribution is -2.55. The third kappa shape index (κ3) is 4.56. The van der Waals surface area contributed by atoms with E-state index in [0.29, 0.717) is 25.6 Å². The zero-order valence-corrected chi connectivity index (χ0v) is 16.8. The first-order chi connectivity index (χ1) is 13.6. The Balaban J connectivity index is 1.27. The average Bonchev–Trinajstić information content (AvgIpc) is 3.42. The normalized spacial score (nSPS) is 18.7. The van der Waals surface area contributed by atoms with Crippen molar-refractivity contribution >= 4 is 23.2 Å². The summed E-state index contributed by atoms with van der Waals surface area (Å²) in [5.41, 5.74) is 1.62. The Bertz CT molecular complexity index is 828. The molecule has 2 aromatic rings. The number of pyridine rings is 1. The van der Waals surface area contributed by atoms with Crippen LogP contribution in [0.4, 0.5) is 0 Å². The SMILES string of the molecule is CC(C(=O)NC1CC1)N1CCN(C(=O)Cc2csc(-c3ccccn3)n2)CC1. The fourth-order valence-corrected chi connectivity index (χ4v) is 4.13. The summed E-state index contributed by atoms with van der Waals surface area (Å²) in [7, 11) is 0. The van der Waals surface area contributed by atoms with Gasteiger partial charge in [-0.3, -0.25) is 19.5 Å². The number of piperazine rings is 1. The van der Waals surface area contributed by atoms with E-state index in [4.69, 9.17) is 0 Å². The van der Waals surface area contributed by atoms with Gasteiger partial charge >= 0.3 is 0 Å². The van der Waals surface area contributed by atoms with Crippen LogP contribution in [0.3, 0.4) is 0 Å². The van der Waals surface area contributed by atoms with E-state index in [1.165, 1.54) is 11.3 Å². The van der Waals surface area contributed by atoms with Crippen molar-refractivity contribution in [3.8, 4) is 10.7 Å². The predicted octanol–water partition coefficient (Wildman–Crippen LogP) is 1.56. The molecule has 1 N–H and O–H groups in total. The van der Waals surface area contributed by atoms with Crippen molar-refractivity contribution in [2.75, 3.05) is 26.2 Å². The fraction of sp³-hybridized carbons (Fsp3) is 0.500. The minimum Gasteiger partial charge on any atom is -0.352 e. The molecule has 1 aliphatic carbocycles. The van der Waals surface area contributed by atoms with E-state index in [1.54, 1.807) is 6.20 Å². The number of nitrogens with zero attached hydrogens (tertiary/aromatic N) is 4. The highest BCUT2D eigenvalue weighted by molar-refractivity contribution is 7.13. The first-order valence-corrected chi connectivity index (χ1v) is 10.7. The number of nitrogens with one attached hydrogen (secondary N) is 1. The summed E-state index contributed by atoms with van der Waals surface area (Å²) in [6, 6.07) is 5.96. The van der Waals surface area contributed by atoms with Gasteiger partial charge in [-0.25, -0.2) is 4.98 Å². The molecular weight excluding hydrogens is 374 g/mol. The first kappa shape index (κ1) is 19.0. The van der Waals surface area contributed by atoms with E-state index >= 15 is 0 Å². The molecule has 1 saturated carbocycles. The number of thiazole rings is 1. The molecule has 0 spiro atoms. The lowest BCUT2D eigenvalue weighted by atomic mass is 10.2. The van der Waals surface area contributed by atoms with Gasteiger partial charge in [0.1, 0.15) is 5.01 Å². The van der Waals surface area contributed by atoms with E-state index in [1.807, 2.05) is 35.4 Å². The van der Waals surface area contributed by atoms with Gasteiger partial charge in [0.25, 0.3) is 0 Å². The number of carbonyl (C=O) groups is 2. The molecule has 2 aliphatic rings. The van der Waals surface area contributed by atoms with Crippen LogP contribution in [0.2, 0.25) is 0 Å². The third-order valence-electron chi connectivity index (χ3n) is 5.29. The maximum Gasteiger partial charge on any atom is 0.237 e. The van der Waals surface area contributed by atoms with Crippen molar-refractivity contribution in [1.82, 2.24) is 25.1 Å². The Morgan fingerprint density at radius 2 is 2.04 bits per heavy atom. The second kappa shape index (κ2) is 8.36. The average molecular weight is 400 g/mol. The molecule has 1 atom stereocenters. The van der Waals surface area contributed by atoms with E-state index in [9.17, 15) is 9.59 Å². The van der Waals surface area contributed by atoms with Crippen molar-refractivity contribution in [3.63, 3.8) is 0 Å². The molecule has 0 aromatic carbocycles. The highest BCUT2D eigenvalue weighted by Gasteiger charge is 2.31. The Morgan fingerprint density at radius 1 is 1.25 bits per heavy atom. The summed E-state index contributed by atoms with van der Waals surface area (Å²) in [6.07, 6.45) is 4.24. The van der Waals surface area contributed by atoms with Gasteiger partial charge in [-0.2, -0.15) is 0 Å². The van der Waals surface area contributed by atoms with Gasteiger partial charge in [0, 0.05) is 43.8 Å². The molecule has 1 unspecified atom stereocenters. The van der Waals surface area contributed by atoms with Gasteiger partial charge in [-0.1, -0.05) is 6.07 Å². The van der Waals surface area contributed by atoms with Crippen LogP contribution in [0.25, 0.3) is 10.7 Å². The third-order valence-corrected chi connectivity index (χ3v) is 6.20. The van der Waals surface area contributed by atoms with Gasteiger partial charge in [-0.05, 0) is 31.9 Å². The minimum absolute atomic E-state index is 0.0904. The molecule has 7 nitrogen and oxygen atoms in total. The van der Waals surface area contributed by atoms with Crippen molar-refractivity contribution in [1.29, 1.82) is 0 Å². The van der Waals surface area contributed by atoms with Crippen LogP contribution in [0, 0.1) is 0 Å². The Morgan fingerprint density at radius 3 is 2.71 bits per heavy atom. The van der Waals surface area contributed by atoms with Crippen molar-refractivity contribution in [3.05, 3.63) is 35.5 Å². The Labute approximate surface area is 168 Å². The summed E-state index contributed by atoms with van der Waals surface area (Å²) < 4.78 is 0. The standard InChI is InChI=1S/C20H25N5O2S/c1-14(19(27)22-15-5-6-15)24-8-10-25(11-9-24)18(26)12-16-13-28-20(23-16)17-4-2-3-7-21-17/h2-4,7,13-15H,5-6,8-12H2,1H3,(H,22,27). The van der Waals surface area contributed by atoms with Gasteiger partial charge in [-0.15, -0.1) is 11.3 Å². The second-order valence-corrected chi connectivity index (χ2v) is 8.27. The highest BCUT2D eigenvalue weighted by atomic mass is 32.1. The molecule has 3 heterocycles. The van der Waals surface area contributed by atoms with Crippen LogP contribution in [-0.2, 0) is 16.0 Å². The van der Waals surface area contributed by atoms with E-state index in [0.717, 1.165) is 42.3 Å². The predicted molar refractivity (Wildman–Crippen MR) is 108 cm³/mol. The van der Waals surface area contributed by atoms with E-state index in [2.05, 4.69) is 20.2 Å². The smallest absolute Gasteiger partial charge is 0.237 e. The lowest BCUT2D eigenvalue weighted by molar-refractivity contribution is -0.133. The highest BCUT2D eigenvalue weighted by Crippen LogP contribution is 2.22. The summed E-state index contributed by atoms with van der Waals surface area (Å²) in [5, 5.41) is 5.83. The zero-order valence-electron chi connectivity index (χ0n) is 16.0. The molecule has 2 aromatic heterocycles. The molecule has 0 bridgehead atoms. The number of hydrogen-bond donors (Lipinski definition) is 1. The maximum absolute atomic E-state index is 12.7. The number of hydrogen-bond acceptors (Lipinski definition) is 6. The van der Waals surface area contributed by atoms with Crippen molar-refractivity contribution in [2.45, 2.75) is 38.3 Å². The number of amides is 2. The van der Waals surface area contributed by atoms with Crippen LogP contribution >= 0.6 is 11.3 Å². The summed E-state index contributed by atoms with van der Waals surface area (Å²) in [5.74, 6) is 0.194. The lowest BCUT2D eigenvalue weighted by Gasteiger charge is -2.37. The molecular formula is C20H25N5O2S. The van der Waals surface area contributed by atoms with Crippen LogP contribution in [0.1, 0.15) is 25.5 Å². The second-order valence-electron chi connectivity index (χ2n) is 7.41. The monoisotopic (exact) mass is 399 g/mol. The molecule has 2 amide bonds. The van der Waals surface area contributed by atoms with Crippen molar-refractivity contribution in [2.24, 2.45) is 0 Å². The largest absolute Gasteiger partial charge is 0.352 e. The van der Waals surface area contributed by atoms with Crippen LogP contribution < -0.4 is 5.32 Å². The van der Waals surface area contributed by atoms with Crippen molar-refractivity contribution < 1.29 is 9.59 Å². The summed E-state index contributed by atoms with van der Waals surface area (Å²) >= 11 is 1.51. The van der Waals surface area contributed by atoms with Crippen LogP contribution in [-0.4, -0.2) is 69.8 Å². The van der Waals surface area contributed by atoms with Gasteiger partial charge in [0.15, 0.2) is 0 Å². The number of carbonyl (C=O) groups excluding carboxylic acids is 2. The maximum atomic E-state index is 12.7. The Kier molecular flexibility index (Phi) is 5.68.